The van der Waals surface area contributed by atoms with Gasteiger partial charge in [-0.05, 0) is 72.0 Å². The molecule has 33 heavy (non-hydrogen) atoms. The lowest BCUT2D eigenvalue weighted by atomic mass is 10.1. The summed E-state index contributed by atoms with van der Waals surface area (Å²) in [6.45, 7) is 5.39. The van der Waals surface area contributed by atoms with Gasteiger partial charge in [0, 0.05) is 29.9 Å². The molecule has 1 saturated heterocycles. The fourth-order valence-corrected chi connectivity index (χ4v) is 4.64. The van der Waals surface area contributed by atoms with Gasteiger partial charge in [0.2, 0.25) is 0 Å². The van der Waals surface area contributed by atoms with Gasteiger partial charge < -0.3 is 9.30 Å². The monoisotopic (exact) mass is 516 g/mol. The molecular weight excluding hydrogens is 490 g/mol. The first kappa shape index (κ1) is 23.6. The van der Waals surface area contributed by atoms with Crippen molar-refractivity contribution in [3.63, 3.8) is 0 Å². The molecule has 0 amide bonds. The van der Waals surface area contributed by atoms with E-state index in [0.29, 0.717) is 12.3 Å². The second kappa shape index (κ2) is 10.6. The Hall–Kier alpha value is -2.51. The summed E-state index contributed by atoms with van der Waals surface area (Å²) >= 11 is 3.34. The Kier molecular flexibility index (Phi) is 7.60. The second-order valence-electron chi connectivity index (χ2n) is 8.54. The van der Waals surface area contributed by atoms with Gasteiger partial charge in [-0.1, -0.05) is 30.7 Å². The number of rotatable bonds is 7. The third-order valence-corrected chi connectivity index (χ3v) is 6.73. The highest BCUT2D eigenvalue weighted by molar-refractivity contribution is 9.10. The Morgan fingerprint density at radius 2 is 1.70 bits per heavy atom. The minimum absolute atomic E-state index is 0.105. The van der Waals surface area contributed by atoms with E-state index < -0.39 is 11.6 Å². The molecule has 1 fully saturated rings. The van der Waals surface area contributed by atoms with Crippen molar-refractivity contribution in [1.82, 2.24) is 9.47 Å². The number of aromatic nitrogens is 1. The van der Waals surface area contributed by atoms with Crippen LogP contribution in [-0.4, -0.2) is 22.6 Å². The Balaban J connectivity index is 1.49. The Bertz CT molecular complexity index is 1190. The molecule has 1 aliphatic rings. The average Bonchev–Trinajstić information content (AvgIpc) is 2.80. The van der Waals surface area contributed by atoms with E-state index in [1.807, 2.05) is 19.1 Å². The molecule has 2 aromatic carbocycles. The molecular formula is C26H27BrF2N2O2. The predicted molar refractivity (Wildman–Crippen MR) is 129 cm³/mol. The molecule has 4 rings (SSSR count). The molecule has 7 heteroatoms. The van der Waals surface area contributed by atoms with Crippen molar-refractivity contribution in [3.8, 4) is 5.75 Å². The van der Waals surface area contributed by atoms with Crippen LogP contribution in [0.15, 0.2) is 57.8 Å². The zero-order chi connectivity index (χ0) is 23.4. The zero-order valence-corrected chi connectivity index (χ0v) is 20.2. The number of hydrogen-bond acceptors (Lipinski definition) is 3. The van der Waals surface area contributed by atoms with Crippen molar-refractivity contribution in [1.29, 1.82) is 0 Å². The van der Waals surface area contributed by atoms with Gasteiger partial charge in [0.15, 0.2) is 0 Å². The van der Waals surface area contributed by atoms with E-state index in [4.69, 9.17) is 4.74 Å². The maximum absolute atomic E-state index is 13.9. The van der Waals surface area contributed by atoms with Crippen LogP contribution in [0.25, 0.3) is 0 Å². The Morgan fingerprint density at radius 3 is 2.42 bits per heavy atom. The van der Waals surface area contributed by atoms with Crippen molar-refractivity contribution in [3.05, 3.63) is 97.4 Å². The van der Waals surface area contributed by atoms with Crippen LogP contribution in [0.4, 0.5) is 8.78 Å². The minimum atomic E-state index is -0.680. The number of pyridine rings is 1. The minimum Gasteiger partial charge on any atom is -0.487 e. The summed E-state index contributed by atoms with van der Waals surface area (Å²) in [7, 11) is 0. The Morgan fingerprint density at radius 1 is 0.970 bits per heavy atom. The molecule has 1 aliphatic heterocycles. The number of piperidine rings is 1. The quantitative estimate of drug-likeness (QED) is 0.397. The number of benzene rings is 2. The molecule has 0 atom stereocenters. The molecule has 0 radical (unpaired) electrons. The average molecular weight is 517 g/mol. The van der Waals surface area contributed by atoms with Gasteiger partial charge in [0.05, 0.1) is 6.54 Å². The normalized spacial score (nSPS) is 14.4. The molecule has 2 heterocycles. The number of aryl methyl sites for hydroxylation is 1. The summed E-state index contributed by atoms with van der Waals surface area (Å²) in [5.41, 5.74) is 3.05. The number of hydrogen-bond donors (Lipinski definition) is 0. The summed E-state index contributed by atoms with van der Waals surface area (Å²) in [5, 5.41) is 0. The molecule has 4 nitrogen and oxygen atoms in total. The van der Waals surface area contributed by atoms with E-state index >= 15 is 0 Å². The van der Waals surface area contributed by atoms with Crippen LogP contribution in [0.1, 0.15) is 41.6 Å². The fraction of sp³-hybridized carbons (Fsp3) is 0.346. The molecule has 174 valence electrons. The first-order chi connectivity index (χ1) is 15.9. The molecule has 0 unspecified atom stereocenters. The van der Waals surface area contributed by atoms with Gasteiger partial charge in [-0.2, -0.15) is 0 Å². The number of ether oxygens (including phenoxy) is 1. The number of likely N-dealkylation sites (tertiary alicyclic amines) is 1. The molecule has 0 bridgehead atoms. The third-order valence-electron chi connectivity index (χ3n) is 6.00. The zero-order valence-electron chi connectivity index (χ0n) is 18.6. The maximum Gasteiger partial charge on any atom is 0.269 e. The summed E-state index contributed by atoms with van der Waals surface area (Å²) in [6.07, 6.45) is 3.82. The van der Waals surface area contributed by atoms with E-state index in [-0.39, 0.29) is 22.2 Å². The van der Waals surface area contributed by atoms with Gasteiger partial charge in [-0.25, -0.2) is 8.78 Å². The van der Waals surface area contributed by atoms with Crippen LogP contribution < -0.4 is 10.3 Å². The largest absolute Gasteiger partial charge is 0.487 e. The van der Waals surface area contributed by atoms with Crippen molar-refractivity contribution in [2.24, 2.45) is 0 Å². The SMILES string of the molecule is Cc1cc(OCc2ccc(F)cc2F)c(Br)c(=O)n1Cc1cccc(CN2CCCCC2)c1. The second-order valence-corrected chi connectivity index (χ2v) is 9.33. The van der Waals surface area contributed by atoms with Gasteiger partial charge >= 0.3 is 0 Å². The van der Waals surface area contributed by atoms with E-state index in [1.54, 1.807) is 10.6 Å². The van der Waals surface area contributed by atoms with Gasteiger partial charge in [-0.3, -0.25) is 9.69 Å². The third kappa shape index (κ3) is 5.89. The molecule has 0 spiro atoms. The predicted octanol–water partition coefficient (Wildman–Crippen LogP) is 5.81. The lowest BCUT2D eigenvalue weighted by Crippen LogP contribution is -2.29. The summed E-state index contributed by atoms with van der Waals surface area (Å²) in [4.78, 5) is 15.5. The summed E-state index contributed by atoms with van der Waals surface area (Å²) < 4.78 is 34.7. The highest BCUT2D eigenvalue weighted by Crippen LogP contribution is 2.25. The summed E-state index contributed by atoms with van der Waals surface area (Å²) in [6, 6.07) is 13.5. The maximum atomic E-state index is 13.9. The Labute approximate surface area is 200 Å². The molecule has 0 N–H and O–H groups in total. The van der Waals surface area contributed by atoms with E-state index in [2.05, 4.69) is 33.0 Å². The van der Waals surface area contributed by atoms with Crippen molar-refractivity contribution in [2.45, 2.75) is 45.9 Å². The van der Waals surface area contributed by atoms with E-state index in [9.17, 15) is 13.6 Å². The highest BCUT2D eigenvalue weighted by Gasteiger charge is 2.15. The number of nitrogens with zero attached hydrogens (tertiary/aromatic N) is 2. The van der Waals surface area contributed by atoms with Crippen LogP contribution in [0.5, 0.6) is 5.75 Å². The smallest absolute Gasteiger partial charge is 0.269 e. The number of halogens is 3. The van der Waals surface area contributed by atoms with Gasteiger partial charge in [0.1, 0.15) is 28.5 Å². The van der Waals surface area contributed by atoms with Crippen LogP contribution in [0, 0.1) is 18.6 Å². The molecule has 0 aliphatic carbocycles. The van der Waals surface area contributed by atoms with Crippen LogP contribution >= 0.6 is 15.9 Å². The molecule has 1 aromatic heterocycles. The van der Waals surface area contributed by atoms with Crippen LogP contribution in [0.3, 0.4) is 0 Å². The van der Waals surface area contributed by atoms with E-state index in [0.717, 1.165) is 37.0 Å². The van der Waals surface area contributed by atoms with Crippen molar-refractivity contribution >= 4 is 15.9 Å². The van der Waals surface area contributed by atoms with Gasteiger partial charge in [-0.15, -0.1) is 0 Å². The first-order valence-electron chi connectivity index (χ1n) is 11.2. The van der Waals surface area contributed by atoms with Crippen molar-refractivity contribution in [2.75, 3.05) is 13.1 Å². The topological polar surface area (TPSA) is 34.5 Å². The summed E-state index contributed by atoms with van der Waals surface area (Å²) in [5.74, 6) is -0.993. The highest BCUT2D eigenvalue weighted by atomic mass is 79.9. The lowest BCUT2D eigenvalue weighted by molar-refractivity contribution is 0.221. The lowest BCUT2D eigenvalue weighted by Gasteiger charge is -2.26. The fourth-order valence-electron chi connectivity index (χ4n) is 4.20. The molecule has 0 saturated carbocycles. The first-order valence-corrected chi connectivity index (χ1v) is 12.0. The van der Waals surface area contributed by atoms with Crippen LogP contribution in [-0.2, 0) is 19.7 Å². The molecule has 3 aromatic rings. The van der Waals surface area contributed by atoms with Gasteiger partial charge in [0.25, 0.3) is 5.56 Å². The standard InChI is InChI=1S/C26H27BrF2N2O2/c1-18-12-24(33-17-21-8-9-22(28)14-23(21)29)25(27)26(32)31(18)16-20-7-5-6-19(13-20)15-30-10-3-2-4-11-30/h5-9,12-14H,2-4,10-11,15-17H2,1H3. The van der Waals surface area contributed by atoms with E-state index in [1.165, 1.54) is 37.0 Å². The van der Waals surface area contributed by atoms with Crippen LogP contribution in [0.2, 0.25) is 0 Å². The van der Waals surface area contributed by atoms with Crippen molar-refractivity contribution < 1.29 is 13.5 Å².